The molecule has 1 aliphatic carbocycles. The van der Waals surface area contributed by atoms with E-state index in [0.717, 1.165) is 70.2 Å². The number of likely N-dealkylation sites (tertiary alicyclic amines) is 2. The van der Waals surface area contributed by atoms with Crippen molar-refractivity contribution in [3.05, 3.63) is 12.3 Å². The summed E-state index contributed by atoms with van der Waals surface area (Å²) >= 11 is 0. The molecule has 5 rings (SSSR count). The molecule has 1 aromatic rings. The molecule has 4 aliphatic rings. The number of carbonyl (C=O) groups excluding carboxylic acids is 1. The van der Waals surface area contributed by atoms with Gasteiger partial charge in [0.2, 0.25) is 11.9 Å². The first-order chi connectivity index (χ1) is 15.3. The van der Waals surface area contributed by atoms with E-state index in [1.54, 1.807) is 0 Å². The molecular weight excluding hydrogens is 388 g/mol. The average Bonchev–Trinajstić information content (AvgIpc) is 3.67. The molecule has 1 atom stereocenters. The fraction of sp³-hybridized carbons (Fsp3) is 0.792. The van der Waals surface area contributed by atoms with Crippen LogP contribution in [-0.2, 0) is 4.79 Å². The van der Waals surface area contributed by atoms with Crippen molar-refractivity contribution in [3.8, 4) is 0 Å². The van der Waals surface area contributed by atoms with Gasteiger partial charge in [0, 0.05) is 56.9 Å². The lowest BCUT2D eigenvalue weighted by atomic mass is 9.97. The normalized spacial score (nSPS) is 26.5. The first-order valence-electron chi connectivity index (χ1n) is 12.6. The van der Waals surface area contributed by atoms with Gasteiger partial charge >= 0.3 is 0 Å². The molecule has 1 N–H and O–H groups in total. The average molecular weight is 427 g/mol. The van der Waals surface area contributed by atoms with Crippen LogP contribution in [0, 0.1) is 5.92 Å². The Bertz CT molecular complexity index is 737. The molecule has 0 radical (unpaired) electrons. The molecule has 3 aliphatic heterocycles. The van der Waals surface area contributed by atoms with Gasteiger partial charge in [-0.25, -0.2) is 4.98 Å². The van der Waals surface area contributed by atoms with Crippen LogP contribution in [0.25, 0.3) is 0 Å². The van der Waals surface area contributed by atoms with Gasteiger partial charge in [-0.05, 0) is 64.0 Å². The quantitative estimate of drug-likeness (QED) is 0.780. The molecule has 4 heterocycles. The highest BCUT2D eigenvalue weighted by Gasteiger charge is 2.36. The monoisotopic (exact) mass is 426 g/mol. The number of carbonyl (C=O) groups is 1. The van der Waals surface area contributed by atoms with E-state index >= 15 is 0 Å². The number of anilines is 2. The summed E-state index contributed by atoms with van der Waals surface area (Å²) in [6, 6.07) is 3.07. The Kier molecular flexibility index (Phi) is 6.58. The first kappa shape index (κ1) is 21.0. The number of piperidine rings is 2. The Labute approximate surface area is 186 Å². The van der Waals surface area contributed by atoms with E-state index < -0.39 is 0 Å². The summed E-state index contributed by atoms with van der Waals surface area (Å²) in [5.41, 5.74) is 0. The van der Waals surface area contributed by atoms with Crippen LogP contribution >= 0.6 is 0 Å². The highest BCUT2D eigenvalue weighted by atomic mass is 16.2. The van der Waals surface area contributed by atoms with Gasteiger partial charge in [0.15, 0.2) is 0 Å². The van der Waals surface area contributed by atoms with Crippen LogP contribution in [-0.4, -0.2) is 77.0 Å². The van der Waals surface area contributed by atoms with Crippen LogP contribution in [0.15, 0.2) is 12.3 Å². The summed E-state index contributed by atoms with van der Waals surface area (Å²) in [4.78, 5) is 28.9. The van der Waals surface area contributed by atoms with Crippen molar-refractivity contribution < 1.29 is 4.79 Å². The fourth-order valence-electron chi connectivity index (χ4n) is 5.57. The van der Waals surface area contributed by atoms with Crippen molar-refractivity contribution in [2.75, 3.05) is 49.5 Å². The van der Waals surface area contributed by atoms with Crippen LogP contribution in [0.3, 0.4) is 0 Å². The van der Waals surface area contributed by atoms with Gasteiger partial charge in [0.05, 0.1) is 0 Å². The van der Waals surface area contributed by atoms with E-state index in [1.807, 2.05) is 6.20 Å². The minimum Gasteiger partial charge on any atom is -0.356 e. The summed E-state index contributed by atoms with van der Waals surface area (Å²) in [5.74, 6) is 2.61. The van der Waals surface area contributed by atoms with Crippen molar-refractivity contribution in [1.29, 1.82) is 0 Å². The molecule has 1 aromatic heterocycles. The predicted molar refractivity (Wildman–Crippen MR) is 123 cm³/mol. The van der Waals surface area contributed by atoms with E-state index in [1.165, 1.54) is 45.1 Å². The minimum absolute atomic E-state index is 0.352. The van der Waals surface area contributed by atoms with Crippen molar-refractivity contribution >= 4 is 17.7 Å². The van der Waals surface area contributed by atoms with E-state index in [4.69, 9.17) is 4.98 Å². The minimum atomic E-state index is 0.352. The zero-order valence-corrected chi connectivity index (χ0v) is 18.8. The van der Waals surface area contributed by atoms with Gasteiger partial charge in [-0.15, -0.1) is 0 Å². The molecule has 0 spiro atoms. The maximum absolute atomic E-state index is 12.3. The predicted octanol–water partition coefficient (Wildman–Crippen LogP) is 3.13. The molecule has 0 aromatic carbocycles. The third-order valence-corrected chi connectivity index (χ3v) is 7.58. The molecule has 31 heavy (non-hydrogen) atoms. The number of hydrogen-bond acceptors (Lipinski definition) is 6. The van der Waals surface area contributed by atoms with Gasteiger partial charge < -0.3 is 15.1 Å². The highest BCUT2D eigenvalue weighted by molar-refractivity contribution is 5.81. The van der Waals surface area contributed by atoms with Gasteiger partial charge in [-0.3, -0.25) is 9.69 Å². The molecule has 1 unspecified atom stereocenters. The van der Waals surface area contributed by atoms with Crippen molar-refractivity contribution in [3.63, 3.8) is 0 Å². The highest BCUT2D eigenvalue weighted by Crippen LogP contribution is 2.32. The second-order valence-corrected chi connectivity index (χ2v) is 9.95. The first-order valence-corrected chi connectivity index (χ1v) is 12.6. The van der Waals surface area contributed by atoms with Gasteiger partial charge in [-0.1, -0.05) is 12.8 Å². The van der Waals surface area contributed by atoms with E-state index in [2.05, 4.69) is 31.1 Å². The van der Waals surface area contributed by atoms with E-state index in [-0.39, 0.29) is 0 Å². The zero-order chi connectivity index (χ0) is 21.0. The molecule has 170 valence electrons. The number of nitrogens with zero attached hydrogens (tertiary/aromatic N) is 5. The smallest absolute Gasteiger partial charge is 0.225 e. The van der Waals surface area contributed by atoms with Crippen molar-refractivity contribution in [2.45, 2.75) is 76.3 Å². The topological polar surface area (TPSA) is 64.6 Å². The molecular formula is C24H38N6O. The third-order valence-electron chi connectivity index (χ3n) is 7.58. The molecule has 3 saturated heterocycles. The summed E-state index contributed by atoms with van der Waals surface area (Å²) in [6.07, 6.45) is 13.9. The lowest BCUT2D eigenvalue weighted by Gasteiger charge is -2.42. The SMILES string of the molecule is O=C(C1CC1)N1CCC(N2CCCC(Nc3nccc(N4CCCCCC4)n3)C2)CC1. The van der Waals surface area contributed by atoms with Gasteiger partial charge in [0.25, 0.3) is 0 Å². The molecule has 4 fully saturated rings. The number of nitrogens with one attached hydrogen (secondary N) is 1. The maximum atomic E-state index is 12.3. The van der Waals surface area contributed by atoms with Crippen molar-refractivity contribution in [1.82, 2.24) is 19.8 Å². The zero-order valence-electron chi connectivity index (χ0n) is 18.8. The Morgan fingerprint density at radius 3 is 2.42 bits per heavy atom. The Morgan fingerprint density at radius 1 is 0.903 bits per heavy atom. The number of rotatable bonds is 5. The largest absolute Gasteiger partial charge is 0.356 e. The Balaban J connectivity index is 1.14. The number of hydrogen-bond donors (Lipinski definition) is 1. The molecule has 1 saturated carbocycles. The van der Waals surface area contributed by atoms with Gasteiger partial charge in [-0.2, -0.15) is 4.98 Å². The molecule has 7 nitrogen and oxygen atoms in total. The van der Waals surface area contributed by atoms with Crippen LogP contribution in [0.5, 0.6) is 0 Å². The van der Waals surface area contributed by atoms with Crippen LogP contribution in [0.1, 0.15) is 64.2 Å². The Morgan fingerprint density at radius 2 is 1.68 bits per heavy atom. The second-order valence-electron chi connectivity index (χ2n) is 9.95. The lowest BCUT2D eigenvalue weighted by Crippen LogP contribution is -2.52. The van der Waals surface area contributed by atoms with E-state index in [9.17, 15) is 4.79 Å². The third kappa shape index (κ3) is 5.30. The summed E-state index contributed by atoms with van der Waals surface area (Å²) in [6.45, 7) is 6.32. The standard InChI is InChI=1S/C24H38N6O/c31-23(19-7-8-19)29-16-10-21(11-17-29)30-15-5-6-20(18-30)26-24-25-12-9-22(27-24)28-13-3-1-2-4-14-28/h9,12,19-21H,1-8,10-11,13-18H2,(H,25,26,27). The van der Waals surface area contributed by atoms with Crippen LogP contribution in [0.2, 0.25) is 0 Å². The maximum Gasteiger partial charge on any atom is 0.225 e. The van der Waals surface area contributed by atoms with Crippen molar-refractivity contribution in [2.24, 2.45) is 5.92 Å². The number of amides is 1. The Hall–Kier alpha value is -1.89. The number of aromatic nitrogens is 2. The molecule has 7 heteroatoms. The van der Waals surface area contributed by atoms with Gasteiger partial charge in [0.1, 0.15) is 5.82 Å². The van der Waals surface area contributed by atoms with E-state index in [0.29, 0.717) is 23.9 Å². The summed E-state index contributed by atoms with van der Waals surface area (Å²) < 4.78 is 0. The van der Waals surface area contributed by atoms with Crippen LogP contribution < -0.4 is 10.2 Å². The van der Waals surface area contributed by atoms with Crippen LogP contribution in [0.4, 0.5) is 11.8 Å². The fourth-order valence-corrected chi connectivity index (χ4v) is 5.57. The molecule has 0 bridgehead atoms. The molecule has 1 amide bonds. The summed E-state index contributed by atoms with van der Waals surface area (Å²) in [7, 11) is 0. The second kappa shape index (κ2) is 9.72. The lowest BCUT2D eigenvalue weighted by molar-refractivity contribution is -0.134. The summed E-state index contributed by atoms with van der Waals surface area (Å²) in [5, 5.41) is 3.64.